The van der Waals surface area contributed by atoms with Crippen LogP contribution in [0.1, 0.15) is 40.2 Å². The van der Waals surface area contributed by atoms with E-state index in [1.54, 1.807) is 0 Å². The highest BCUT2D eigenvalue weighted by atomic mass is 19.4. The number of aryl methyl sites for hydroxylation is 1. The summed E-state index contributed by atoms with van der Waals surface area (Å²) in [5.74, 6) is 0.00114. The molecule has 1 fully saturated rings. The number of hydrogen-bond donors (Lipinski definition) is 1. The Hall–Kier alpha value is -2.06. The fourth-order valence-electron chi connectivity index (χ4n) is 3.70. The predicted molar refractivity (Wildman–Crippen MR) is 96.4 cm³/mol. The molecule has 0 radical (unpaired) electrons. The summed E-state index contributed by atoms with van der Waals surface area (Å²) in [6.07, 6.45) is -9.37. The first-order chi connectivity index (χ1) is 13.6. The molecule has 1 aliphatic rings. The summed E-state index contributed by atoms with van der Waals surface area (Å²) < 4.78 is 84.3. The molecule has 158 valence electrons. The molecule has 3 rings (SSSR count). The summed E-state index contributed by atoms with van der Waals surface area (Å²) in [5, 5.41) is 3.17. The summed E-state index contributed by atoms with van der Waals surface area (Å²) >= 11 is 0. The topological polar surface area (TPSA) is 21.3 Å². The van der Waals surface area contributed by atoms with Crippen LogP contribution in [0.2, 0.25) is 0 Å². The van der Waals surface area contributed by atoms with E-state index >= 15 is 0 Å². The molecular weight excluding hydrogens is 396 g/mol. The third-order valence-electron chi connectivity index (χ3n) is 5.21. The third-order valence-corrected chi connectivity index (χ3v) is 5.21. The van der Waals surface area contributed by atoms with Gasteiger partial charge in [0.25, 0.3) is 0 Å². The molecule has 0 amide bonds. The van der Waals surface area contributed by atoms with Gasteiger partial charge >= 0.3 is 12.4 Å². The van der Waals surface area contributed by atoms with Crippen molar-refractivity contribution in [3.8, 4) is 0 Å². The predicted octanol–water partition coefficient (Wildman–Crippen LogP) is 5.69. The number of piperidine rings is 1. The van der Waals surface area contributed by atoms with Crippen LogP contribution in [0, 0.1) is 6.92 Å². The maximum atomic E-state index is 13.3. The summed E-state index contributed by atoms with van der Waals surface area (Å²) in [7, 11) is 0. The van der Waals surface area contributed by atoms with Crippen LogP contribution in [0.3, 0.4) is 0 Å². The molecule has 2 aromatic carbocycles. The van der Waals surface area contributed by atoms with Crippen LogP contribution in [0.4, 0.5) is 26.3 Å². The van der Waals surface area contributed by atoms with Crippen molar-refractivity contribution in [2.75, 3.05) is 13.1 Å². The molecule has 0 spiro atoms. The number of hydrogen-bond acceptors (Lipinski definition) is 2. The lowest BCUT2D eigenvalue weighted by atomic mass is 9.85. The minimum absolute atomic E-state index is 0.00114. The Kier molecular flexibility index (Phi) is 6.24. The van der Waals surface area contributed by atoms with Crippen LogP contribution in [0.5, 0.6) is 0 Å². The van der Waals surface area contributed by atoms with E-state index < -0.39 is 30.1 Å². The maximum Gasteiger partial charge on any atom is 0.416 e. The molecular formula is C21H21F6NO. The van der Waals surface area contributed by atoms with Gasteiger partial charge in [0, 0.05) is 12.5 Å². The zero-order valence-electron chi connectivity index (χ0n) is 15.7. The Morgan fingerprint density at radius 3 is 2.38 bits per heavy atom. The van der Waals surface area contributed by atoms with Crippen molar-refractivity contribution in [2.24, 2.45) is 0 Å². The Morgan fingerprint density at radius 2 is 1.72 bits per heavy atom. The van der Waals surface area contributed by atoms with Crippen LogP contribution in [-0.4, -0.2) is 19.2 Å². The van der Waals surface area contributed by atoms with Gasteiger partial charge in [-0.1, -0.05) is 30.3 Å². The Balaban J connectivity index is 1.83. The van der Waals surface area contributed by atoms with Gasteiger partial charge in [0.1, 0.15) is 0 Å². The molecule has 29 heavy (non-hydrogen) atoms. The molecule has 2 atom stereocenters. The van der Waals surface area contributed by atoms with E-state index in [1.807, 2.05) is 31.2 Å². The van der Waals surface area contributed by atoms with Crippen LogP contribution in [0.25, 0.3) is 0 Å². The average Bonchev–Trinajstić information content (AvgIpc) is 2.65. The van der Waals surface area contributed by atoms with E-state index in [1.165, 1.54) is 0 Å². The van der Waals surface area contributed by atoms with Crippen molar-refractivity contribution >= 4 is 0 Å². The Labute approximate surface area is 164 Å². The molecule has 0 aliphatic carbocycles. The van der Waals surface area contributed by atoms with Crippen LogP contribution >= 0.6 is 0 Å². The number of ether oxygens (including phenoxy) is 1. The Morgan fingerprint density at radius 1 is 1.00 bits per heavy atom. The molecule has 2 aromatic rings. The van der Waals surface area contributed by atoms with Crippen molar-refractivity contribution in [1.29, 1.82) is 0 Å². The SMILES string of the molecule is Cc1ccccc1[C@@H]1CCNC[C@@H]1OCc1ccc(C(F)(F)F)cc1C(F)(F)F. The maximum absolute atomic E-state index is 13.3. The van der Waals surface area contributed by atoms with Gasteiger partial charge < -0.3 is 10.1 Å². The molecule has 2 nitrogen and oxygen atoms in total. The monoisotopic (exact) mass is 417 g/mol. The number of benzene rings is 2. The van der Waals surface area contributed by atoms with E-state index in [0.717, 1.165) is 30.2 Å². The zero-order valence-corrected chi connectivity index (χ0v) is 15.7. The molecule has 1 saturated heterocycles. The van der Waals surface area contributed by atoms with E-state index in [-0.39, 0.29) is 23.7 Å². The zero-order chi connectivity index (χ0) is 21.2. The largest absolute Gasteiger partial charge is 0.416 e. The van der Waals surface area contributed by atoms with Gasteiger partial charge in [-0.25, -0.2) is 0 Å². The van der Waals surface area contributed by atoms with Gasteiger partial charge in [-0.05, 0) is 48.7 Å². The standard InChI is InChI=1S/C21H21F6NO/c1-13-4-2-3-5-16(13)17-8-9-28-11-19(17)29-12-14-6-7-15(20(22,23)24)10-18(14)21(25,26)27/h2-7,10,17,19,28H,8-9,11-12H2,1H3/t17-,19-/m0/s1. The van der Waals surface area contributed by atoms with E-state index in [9.17, 15) is 26.3 Å². The van der Waals surface area contributed by atoms with Crippen molar-refractivity contribution in [3.63, 3.8) is 0 Å². The molecule has 0 bridgehead atoms. The second kappa shape index (κ2) is 8.36. The molecule has 0 unspecified atom stereocenters. The minimum Gasteiger partial charge on any atom is -0.372 e. The first kappa shape index (κ1) is 21.6. The van der Waals surface area contributed by atoms with E-state index in [2.05, 4.69) is 5.32 Å². The summed E-state index contributed by atoms with van der Waals surface area (Å²) in [6, 6.07) is 9.41. The minimum atomic E-state index is -4.90. The second-order valence-electron chi connectivity index (χ2n) is 7.17. The van der Waals surface area contributed by atoms with E-state index in [4.69, 9.17) is 4.74 Å². The van der Waals surface area contributed by atoms with E-state index in [0.29, 0.717) is 12.6 Å². The highest BCUT2D eigenvalue weighted by Crippen LogP contribution is 2.38. The smallest absolute Gasteiger partial charge is 0.372 e. The van der Waals surface area contributed by atoms with Crippen molar-refractivity contribution in [1.82, 2.24) is 5.32 Å². The highest BCUT2D eigenvalue weighted by Gasteiger charge is 2.38. The number of nitrogens with one attached hydrogen (secondary N) is 1. The van der Waals surface area contributed by atoms with Crippen molar-refractivity contribution < 1.29 is 31.1 Å². The fourth-order valence-corrected chi connectivity index (χ4v) is 3.70. The normalized spacial score (nSPS) is 20.7. The van der Waals surface area contributed by atoms with Crippen molar-refractivity contribution in [3.05, 3.63) is 70.3 Å². The lowest BCUT2D eigenvalue weighted by molar-refractivity contribution is -0.144. The first-order valence-electron chi connectivity index (χ1n) is 9.22. The molecule has 0 aromatic heterocycles. The number of alkyl halides is 6. The van der Waals surface area contributed by atoms with Gasteiger partial charge in [0.15, 0.2) is 0 Å². The molecule has 0 saturated carbocycles. The third kappa shape index (κ3) is 5.11. The second-order valence-corrected chi connectivity index (χ2v) is 7.17. The van der Waals surface area contributed by atoms with Gasteiger partial charge in [-0.15, -0.1) is 0 Å². The van der Waals surface area contributed by atoms with Gasteiger partial charge in [0.05, 0.1) is 23.8 Å². The molecule has 8 heteroatoms. The lowest BCUT2D eigenvalue weighted by Gasteiger charge is -2.33. The Bertz CT molecular complexity index is 846. The summed E-state index contributed by atoms with van der Waals surface area (Å²) in [6.45, 7) is 2.77. The van der Waals surface area contributed by atoms with Gasteiger partial charge in [-0.2, -0.15) is 26.3 Å². The van der Waals surface area contributed by atoms with Crippen LogP contribution in [0.15, 0.2) is 42.5 Å². The van der Waals surface area contributed by atoms with Gasteiger partial charge in [0.2, 0.25) is 0 Å². The number of halogens is 6. The summed E-state index contributed by atoms with van der Waals surface area (Å²) in [4.78, 5) is 0. The fraction of sp³-hybridized carbons (Fsp3) is 0.429. The highest BCUT2D eigenvalue weighted by molar-refractivity contribution is 5.35. The summed E-state index contributed by atoms with van der Waals surface area (Å²) in [5.41, 5.74) is -0.810. The van der Waals surface area contributed by atoms with Crippen LogP contribution < -0.4 is 5.32 Å². The van der Waals surface area contributed by atoms with Gasteiger partial charge in [-0.3, -0.25) is 0 Å². The average molecular weight is 417 g/mol. The number of rotatable bonds is 4. The molecule has 1 aliphatic heterocycles. The molecule has 1 N–H and O–H groups in total. The first-order valence-corrected chi connectivity index (χ1v) is 9.22. The van der Waals surface area contributed by atoms with Crippen molar-refractivity contribution in [2.45, 2.75) is 44.3 Å². The van der Waals surface area contributed by atoms with Crippen LogP contribution in [-0.2, 0) is 23.7 Å². The quantitative estimate of drug-likeness (QED) is 0.645. The molecule has 1 heterocycles. The lowest BCUT2D eigenvalue weighted by Crippen LogP contribution is -2.41.